The molecule has 0 unspecified atom stereocenters. The molecule has 0 amide bonds. The van der Waals surface area contributed by atoms with Crippen LogP contribution in [0.15, 0.2) is 173 Å². The Balaban J connectivity index is 1.05. The van der Waals surface area contributed by atoms with Gasteiger partial charge in [0.05, 0.1) is 11.1 Å². The number of fused-ring (bicyclic) bond motifs is 4. The molecule has 0 radical (unpaired) electrons. The van der Waals surface area contributed by atoms with Crippen molar-refractivity contribution in [3.05, 3.63) is 175 Å². The van der Waals surface area contributed by atoms with Gasteiger partial charge in [-0.3, -0.25) is 0 Å². The molecule has 0 N–H and O–H groups in total. The summed E-state index contributed by atoms with van der Waals surface area (Å²) in [5.74, 6) is 0.991. The Kier molecular flexibility index (Phi) is 8.31. The van der Waals surface area contributed by atoms with E-state index in [0.717, 1.165) is 50.0 Å². The van der Waals surface area contributed by atoms with Crippen LogP contribution in [0.25, 0.3) is 77.8 Å². The van der Waals surface area contributed by atoms with Gasteiger partial charge >= 0.3 is 12.4 Å². The topological polar surface area (TPSA) is 55.3 Å². The minimum Gasteiger partial charge on any atom is -0.436 e. The number of hydrogen-bond acceptors (Lipinski definition) is 5. The molecule has 59 heavy (non-hydrogen) atoms. The van der Waals surface area contributed by atoms with Crippen molar-refractivity contribution in [2.75, 3.05) is 4.90 Å². The zero-order valence-electron chi connectivity index (χ0n) is 30.5. The van der Waals surface area contributed by atoms with Crippen molar-refractivity contribution in [2.24, 2.45) is 0 Å². The lowest BCUT2D eigenvalue weighted by atomic mass is 9.92. The van der Waals surface area contributed by atoms with E-state index in [0.29, 0.717) is 46.2 Å². The molecule has 2 heterocycles. The fraction of sp³-hybridized carbons (Fsp3) is 0.0417. The van der Waals surface area contributed by atoms with Crippen LogP contribution in [0.1, 0.15) is 11.1 Å². The van der Waals surface area contributed by atoms with Crippen LogP contribution < -0.4 is 4.90 Å². The third-order valence-electron chi connectivity index (χ3n) is 10.4. The van der Waals surface area contributed by atoms with Gasteiger partial charge in [0.2, 0.25) is 11.8 Å². The fourth-order valence-electron chi connectivity index (χ4n) is 7.53. The van der Waals surface area contributed by atoms with Crippen LogP contribution in [0.2, 0.25) is 0 Å². The molecule has 10 rings (SSSR count). The SMILES string of the molecule is FC(F)(F)c1cc2cccc(-c3ccc4cc(N(c5ccc(-c6nc7ccccc7o6)cc5)c5ccc(-c6nc7ccccc7o6)cc5)ccc4c3)c2cc1C(F)(F)F. The van der Waals surface area contributed by atoms with Gasteiger partial charge < -0.3 is 13.7 Å². The maximum atomic E-state index is 14.0. The third kappa shape index (κ3) is 6.60. The van der Waals surface area contributed by atoms with E-state index in [-0.39, 0.29) is 10.8 Å². The molecule has 0 saturated carbocycles. The molecule has 0 atom stereocenters. The maximum Gasteiger partial charge on any atom is 0.417 e. The number of para-hydroxylation sites is 4. The quantitative estimate of drug-likeness (QED) is 0.157. The van der Waals surface area contributed by atoms with Crippen molar-refractivity contribution in [3.8, 4) is 34.0 Å². The van der Waals surface area contributed by atoms with Gasteiger partial charge in [0.25, 0.3) is 0 Å². The van der Waals surface area contributed by atoms with Gasteiger partial charge in [0, 0.05) is 28.2 Å². The standard InChI is InChI=1S/C48H27F6N3O2/c49-47(50,51)39-26-32-6-5-7-37(38(32)27-40(39)48(52,53)54)33-13-12-31-25-36(23-18-30(31)24-33)57(34-19-14-28(15-20-34)45-55-41-8-1-3-10-43(41)58-45)35-21-16-29(17-22-35)46-56-42-9-2-4-11-44(42)59-46/h1-27H. The van der Waals surface area contributed by atoms with Crippen LogP contribution in [-0.4, -0.2) is 9.97 Å². The van der Waals surface area contributed by atoms with Crippen LogP contribution in [0.3, 0.4) is 0 Å². The Morgan fingerprint density at radius 3 is 1.46 bits per heavy atom. The zero-order valence-corrected chi connectivity index (χ0v) is 30.5. The van der Waals surface area contributed by atoms with E-state index in [9.17, 15) is 26.3 Å². The summed E-state index contributed by atoms with van der Waals surface area (Å²) < 4.78 is 95.1. The van der Waals surface area contributed by atoms with Gasteiger partial charge in [-0.05, 0) is 136 Å². The summed E-state index contributed by atoms with van der Waals surface area (Å²) >= 11 is 0. The summed E-state index contributed by atoms with van der Waals surface area (Å²) in [6.07, 6.45) is -10.4. The van der Waals surface area contributed by atoms with Gasteiger partial charge in [-0.2, -0.15) is 26.3 Å². The number of rotatable bonds is 6. The number of nitrogens with zero attached hydrogens (tertiary/aromatic N) is 3. The summed E-state index contributed by atoms with van der Waals surface area (Å²) in [4.78, 5) is 11.4. The van der Waals surface area contributed by atoms with E-state index in [1.807, 2.05) is 127 Å². The number of halogens is 6. The Morgan fingerprint density at radius 2 is 0.898 bits per heavy atom. The Morgan fingerprint density at radius 1 is 0.407 bits per heavy atom. The number of anilines is 3. The van der Waals surface area contributed by atoms with Gasteiger partial charge in [0.1, 0.15) is 11.0 Å². The number of oxazole rings is 2. The maximum absolute atomic E-state index is 14.0. The van der Waals surface area contributed by atoms with Crippen molar-refractivity contribution in [1.29, 1.82) is 0 Å². The van der Waals surface area contributed by atoms with Crippen LogP contribution in [0.5, 0.6) is 0 Å². The first kappa shape index (κ1) is 36.0. The van der Waals surface area contributed by atoms with E-state index in [2.05, 4.69) is 14.9 Å². The second-order valence-electron chi connectivity index (χ2n) is 14.1. The van der Waals surface area contributed by atoms with E-state index in [1.54, 1.807) is 18.2 Å². The van der Waals surface area contributed by atoms with E-state index >= 15 is 0 Å². The fourth-order valence-corrected chi connectivity index (χ4v) is 7.53. The molecule has 0 aliphatic heterocycles. The van der Waals surface area contributed by atoms with Gasteiger partial charge in [-0.1, -0.05) is 60.7 Å². The second kappa shape index (κ2) is 13.6. The molecule has 288 valence electrons. The first-order valence-corrected chi connectivity index (χ1v) is 18.4. The lowest BCUT2D eigenvalue weighted by Crippen LogP contribution is -2.16. The molecule has 0 bridgehead atoms. The summed E-state index contributed by atoms with van der Waals surface area (Å²) in [5, 5.41) is 1.73. The lowest BCUT2D eigenvalue weighted by Gasteiger charge is -2.26. The molecule has 0 aliphatic carbocycles. The van der Waals surface area contributed by atoms with Crippen LogP contribution in [0.4, 0.5) is 43.4 Å². The highest BCUT2D eigenvalue weighted by molar-refractivity contribution is 6.00. The first-order chi connectivity index (χ1) is 28.5. The minimum atomic E-state index is -5.20. The second-order valence-corrected chi connectivity index (χ2v) is 14.1. The zero-order chi connectivity index (χ0) is 40.5. The molecular formula is C48H27F6N3O2. The highest BCUT2D eigenvalue weighted by Gasteiger charge is 2.43. The molecule has 0 aliphatic rings. The molecule has 0 spiro atoms. The van der Waals surface area contributed by atoms with Gasteiger partial charge in [-0.25, -0.2) is 9.97 Å². The van der Waals surface area contributed by atoms with E-state index in [1.165, 1.54) is 6.07 Å². The molecule has 10 aromatic rings. The van der Waals surface area contributed by atoms with Crippen LogP contribution in [-0.2, 0) is 12.4 Å². The lowest BCUT2D eigenvalue weighted by molar-refractivity contribution is -0.161. The molecular weight excluding hydrogens is 765 g/mol. The van der Waals surface area contributed by atoms with E-state index in [4.69, 9.17) is 8.83 Å². The van der Waals surface area contributed by atoms with Crippen molar-refractivity contribution in [1.82, 2.24) is 9.97 Å². The number of benzene rings is 8. The number of hydrogen-bond donors (Lipinski definition) is 0. The molecule has 0 fully saturated rings. The van der Waals surface area contributed by atoms with Crippen molar-refractivity contribution in [3.63, 3.8) is 0 Å². The predicted octanol–water partition coefficient (Wildman–Crippen LogP) is 14.8. The smallest absolute Gasteiger partial charge is 0.417 e. The monoisotopic (exact) mass is 791 g/mol. The van der Waals surface area contributed by atoms with Crippen LogP contribution in [0, 0.1) is 0 Å². The first-order valence-electron chi connectivity index (χ1n) is 18.4. The Bertz CT molecular complexity index is 3020. The summed E-state index contributed by atoms with van der Waals surface area (Å²) in [7, 11) is 0. The predicted molar refractivity (Wildman–Crippen MR) is 218 cm³/mol. The summed E-state index contributed by atoms with van der Waals surface area (Å²) in [6, 6.07) is 47.8. The average molecular weight is 792 g/mol. The number of aromatic nitrogens is 2. The van der Waals surface area contributed by atoms with Crippen molar-refractivity contribution >= 4 is 60.8 Å². The molecule has 5 nitrogen and oxygen atoms in total. The minimum absolute atomic E-state index is 0.0538. The van der Waals surface area contributed by atoms with Crippen molar-refractivity contribution in [2.45, 2.75) is 12.4 Å². The molecule has 2 aromatic heterocycles. The summed E-state index contributed by atoms with van der Waals surface area (Å²) in [6.45, 7) is 0. The average Bonchev–Trinajstić information content (AvgIpc) is 3.88. The number of alkyl halides is 6. The van der Waals surface area contributed by atoms with Gasteiger partial charge in [0.15, 0.2) is 11.2 Å². The highest BCUT2D eigenvalue weighted by Crippen LogP contribution is 2.45. The van der Waals surface area contributed by atoms with Crippen LogP contribution >= 0.6 is 0 Å². The highest BCUT2D eigenvalue weighted by atomic mass is 19.4. The van der Waals surface area contributed by atoms with E-state index < -0.39 is 23.5 Å². The third-order valence-corrected chi connectivity index (χ3v) is 10.4. The largest absolute Gasteiger partial charge is 0.436 e. The molecule has 8 aromatic carbocycles. The summed E-state index contributed by atoms with van der Waals surface area (Å²) in [5.41, 5.74) is 4.48. The van der Waals surface area contributed by atoms with Crippen molar-refractivity contribution < 1.29 is 35.2 Å². The Labute approximate surface area is 331 Å². The normalized spacial score (nSPS) is 12.2. The van der Waals surface area contributed by atoms with Gasteiger partial charge in [-0.15, -0.1) is 0 Å². The Hall–Kier alpha value is -7.40. The molecule has 0 saturated heterocycles. The molecule has 11 heteroatoms.